The van der Waals surface area contributed by atoms with Crippen molar-refractivity contribution in [1.29, 1.82) is 0 Å². The molecular weight excluding hydrogens is 114 g/mol. The van der Waals surface area contributed by atoms with E-state index < -0.39 is 0 Å². The third kappa shape index (κ3) is 6.49. The molecule has 0 amide bonds. The SMILES string of the molecule is BPCCCCCC. The summed E-state index contributed by atoms with van der Waals surface area (Å²) in [6.45, 7) is 2.26. The molecule has 2 heteroatoms. The summed E-state index contributed by atoms with van der Waals surface area (Å²) in [6, 6.07) is 0. The Morgan fingerprint density at radius 1 is 1.25 bits per heavy atom. The minimum absolute atomic E-state index is 1.17. The minimum Gasteiger partial charge on any atom is -0.164 e. The Kier molecular flexibility index (Phi) is 7.96. The van der Waals surface area contributed by atoms with Crippen LogP contribution in [0.25, 0.3) is 0 Å². The summed E-state index contributed by atoms with van der Waals surface area (Å²) in [5, 5.41) is 0. The summed E-state index contributed by atoms with van der Waals surface area (Å²) < 4.78 is 0. The molecule has 1 unspecified atom stereocenters. The van der Waals surface area contributed by atoms with Gasteiger partial charge in [-0.3, -0.25) is 0 Å². The standard InChI is InChI=1S/C6H16BP/c1-2-3-4-5-6-8-7/h8H,2-7H2,1H3. The summed E-state index contributed by atoms with van der Waals surface area (Å²) in [7, 11) is 3.45. The molecule has 0 aliphatic heterocycles. The molecule has 0 aromatic rings. The summed E-state index contributed by atoms with van der Waals surface area (Å²) in [6.07, 6.45) is 7.18. The molecule has 0 nitrogen and oxygen atoms in total. The first kappa shape index (κ1) is 8.49. The maximum atomic E-state index is 2.28. The molecule has 0 aromatic heterocycles. The van der Waals surface area contributed by atoms with Crippen LogP contribution in [0.15, 0.2) is 0 Å². The lowest BCUT2D eigenvalue weighted by molar-refractivity contribution is 0.706. The summed E-state index contributed by atoms with van der Waals surface area (Å²) in [4.78, 5) is 0. The van der Waals surface area contributed by atoms with Gasteiger partial charge >= 0.3 is 0 Å². The lowest BCUT2D eigenvalue weighted by Crippen LogP contribution is -1.76. The van der Waals surface area contributed by atoms with Crippen LogP contribution in [0.3, 0.4) is 0 Å². The van der Waals surface area contributed by atoms with Crippen LogP contribution in [-0.2, 0) is 0 Å². The average Bonchev–Trinajstić information content (AvgIpc) is 1.81. The molecular formula is C6H16BP. The van der Waals surface area contributed by atoms with E-state index in [1.807, 2.05) is 0 Å². The summed E-state index contributed by atoms with van der Waals surface area (Å²) >= 11 is 0. The Balaban J connectivity index is 2.53. The van der Waals surface area contributed by atoms with Gasteiger partial charge < -0.3 is 0 Å². The van der Waals surface area contributed by atoms with Crippen molar-refractivity contribution in [3.8, 4) is 0 Å². The Bertz CT molecular complexity index is 33.5. The van der Waals surface area contributed by atoms with Crippen LogP contribution in [0.2, 0.25) is 0 Å². The topological polar surface area (TPSA) is 0 Å². The van der Waals surface area contributed by atoms with Crippen LogP contribution in [0.5, 0.6) is 0 Å². The maximum absolute atomic E-state index is 2.28. The second-order valence-electron chi connectivity index (χ2n) is 2.16. The van der Waals surface area contributed by atoms with Gasteiger partial charge in [-0.1, -0.05) is 32.6 Å². The van der Waals surface area contributed by atoms with E-state index in [2.05, 4.69) is 14.5 Å². The highest BCUT2D eigenvalue weighted by atomic mass is 31.1. The van der Waals surface area contributed by atoms with Crippen molar-refractivity contribution in [2.24, 2.45) is 0 Å². The number of hydrogen-bond donors (Lipinski definition) is 0. The van der Waals surface area contributed by atoms with Gasteiger partial charge in [-0.2, -0.15) is 8.46 Å². The molecule has 0 aliphatic rings. The first-order valence-corrected chi connectivity index (χ1v) is 5.27. The van der Waals surface area contributed by atoms with Gasteiger partial charge in [0.2, 0.25) is 0 Å². The van der Waals surface area contributed by atoms with Gasteiger partial charge in [0.25, 0.3) is 0 Å². The Morgan fingerprint density at radius 2 is 2.00 bits per heavy atom. The molecule has 0 heterocycles. The van der Waals surface area contributed by atoms with Gasteiger partial charge in [-0.05, 0) is 6.16 Å². The predicted molar refractivity (Wildman–Crippen MR) is 45.9 cm³/mol. The van der Waals surface area contributed by atoms with Crippen LogP contribution in [0, 0.1) is 0 Å². The highest BCUT2D eigenvalue weighted by Crippen LogP contribution is 2.07. The molecule has 0 saturated heterocycles. The fourth-order valence-electron chi connectivity index (χ4n) is 0.729. The van der Waals surface area contributed by atoms with E-state index in [-0.39, 0.29) is 0 Å². The number of unbranched alkanes of at least 4 members (excludes halogenated alkanes) is 3. The molecule has 0 saturated carbocycles. The molecule has 0 radical (unpaired) electrons. The van der Waals surface area contributed by atoms with Gasteiger partial charge in [0.05, 0.1) is 0 Å². The molecule has 0 spiro atoms. The first-order valence-electron chi connectivity index (χ1n) is 3.56. The zero-order valence-electron chi connectivity index (χ0n) is 6.04. The molecule has 0 bridgehead atoms. The second kappa shape index (κ2) is 7.49. The predicted octanol–water partition coefficient (Wildman–Crippen LogP) is 1.79. The van der Waals surface area contributed by atoms with Crippen LogP contribution < -0.4 is 0 Å². The molecule has 1 atom stereocenters. The molecule has 0 N–H and O–H groups in total. The van der Waals surface area contributed by atoms with Crippen LogP contribution in [-0.4, -0.2) is 13.7 Å². The highest BCUT2D eigenvalue weighted by molar-refractivity contribution is 7.66. The van der Waals surface area contributed by atoms with Crippen molar-refractivity contribution in [2.75, 3.05) is 6.16 Å². The van der Waals surface area contributed by atoms with Crippen molar-refractivity contribution in [3.63, 3.8) is 0 Å². The molecule has 0 aromatic carbocycles. The fourth-order valence-corrected chi connectivity index (χ4v) is 1.33. The van der Waals surface area contributed by atoms with Crippen LogP contribution in [0.1, 0.15) is 32.6 Å². The Morgan fingerprint density at radius 3 is 2.50 bits per heavy atom. The largest absolute Gasteiger partial charge is 0.164 e. The molecule has 8 heavy (non-hydrogen) atoms. The van der Waals surface area contributed by atoms with E-state index in [1.165, 1.54) is 40.3 Å². The number of hydrogen-bond acceptors (Lipinski definition) is 0. The van der Waals surface area contributed by atoms with E-state index in [0.717, 1.165) is 0 Å². The van der Waals surface area contributed by atoms with Crippen molar-refractivity contribution in [2.45, 2.75) is 32.6 Å². The molecule has 0 rings (SSSR count). The average molecular weight is 130 g/mol. The van der Waals surface area contributed by atoms with Crippen LogP contribution in [0.4, 0.5) is 0 Å². The first-order chi connectivity index (χ1) is 3.91. The summed E-state index contributed by atoms with van der Waals surface area (Å²) in [5.41, 5.74) is 0. The van der Waals surface area contributed by atoms with Crippen molar-refractivity contribution < 1.29 is 0 Å². The fraction of sp³-hybridized carbons (Fsp3) is 1.00. The lowest BCUT2D eigenvalue weighted by atomic mass is 10.2. The normalized spacial score (nSPS) is 11.1. The van der Waals surface area contributed by atoms with Gasteiger partial charge in [0.15, 0.2) is 0 Å². The molecule has 0 aliphatic carbocycles. The zero-order valence-corrected chi connectivity index (χ0v) is 7.04. The Labute approximate surface area is 55.6 Å². The van der Waals surface area contributed by atoms with Gasteiger partial charge in [-0.25, -0.2) is 0 Å². The van der Waals surface area contributed by atoms with E-state index in [9.17, 15) is 0 Å². The van der Waals surface area contributed by atoms with E-state index in [1.54, 1.807) is 0 Å². The highest BCUT2D eigenvalue weighted by Gasteiger charge is 1.83. The van der Waals surface area contributed by atoms with Gasteiger partial charge in [0.1, 0.15) is 7.57 Å². The van der Waals surface area contributed by atoms with E-state index in [4.69, 9.17) is 0 Å². The van der Waals surface area contributed by atoms with Gasteiger partial charge in [-0.15, -0.1) is 0 Å². The third-order valence-corrected chi connectivity index (χ3v) is 2.13. The Hall–Kier alpha value is 0.495. The minimum atomic E-state index is 1.17. The zero-order chi connectivity index (χ0) is 6.24. The third-order valence-electron chi connectivity index (χ3n) is 1.28. The maximum Gasteiger partial charge on any atom is 0.130 e. The van der Waals surface area contributed by atoms with Crippen molar-refractivity contribution >= 4 is 16.0 Å². The smallest absolute Gasteiger partial charge is 0.130 e. The lowest BCUT2D eigenvalue weighted by Gasteiger charge is -1.94. The monoisotopic (exact) mass is 130 g/mol. The molecule has 48 valence electrons. The quantitative estimate of drug-likeness (QED) is 0.302. The number of rotatable bonds is 5. The summed E-state index contributed by atoms with van der Waals surface area (Å²) in [5.74, 6) is 0. The molecule has 0 fully saturated rings. The van der Waals surface area contributed by atoms with Crippen molar-refractivity contribution in [3.05, 3.63) is 0 Å². The van der Waals surface area contributed by atoms with E-state index >= 15 is 0 Å². The van der Waals surface area contributed by atoms with Crippen molar-refractivity contribution in [1.82, 2.24) is 0 Å². The van der Waals surface area contributed by atoms with Gasteiger partial charge in [0, 0.05) is 0 Å². The van der Waals surface area contributed by atoms with E-state index in [0.29, 0.717) is 0 Å². The second-order valence-corrected chi connectivity index (χ2v) is 3.37. The van der Waals surface area contributed by atoms with Crippen LogP contribution >= 0.6 is 8.46 Å².